The van der Waals surface area contributed by atoms with Gasteiger partial charge >= 0.3 is 5.97 Å². The van der Waals surface area contributed by atoms with Crippen molar-refractivity contribution in [1.82, 2.24) is 5.43 Å². The molecule has 1 atom stereocenters. The molecule has 1 aliphatic heterocycles. The fourth-order valence-electron chi connectivity index (χ4n) is 3.28. The summed E-state index contributed by atoms with van der Waals surface area (Å²) in [5.41, 5.74) is 4.00. The summed E-state index contributed by atoms with van der Waals surface area (Å²) in [5, 5.41) is 20.0. The molecular weight excluding hydrogens is 428 g/mol. The summed E-state index contributed by atoms with van der Waals surface area (Å²) in [7, 11) is 0. The topological polar surface area (TPSA) is 125 Å². The monoisotopic (exact) mass is 454 g/mol. The summed E-state index contributed by atoms with van der Waals surface area (Å²) in [6.45, 7) is 3.92. The van der Waals surface area contributed by atoms with Crippen LogP contribution in [0.4, 0.5) is 5.69 Å². The SMILES string of the molecule is CCCOc1ccc(C=C2C(=O)NN(c3ccccc3)C2=O)c(OC[C@H](O)CC(=O)O)c1C. The number of carboxylic acid groups (broad SMARTS) is 1. The van der Waals surface area contributed by atoms with Crippen molar-refractivity contribution >= 4 is 29.5 Å². The van der Waals surface area contributed by atoms with Crippen molar-refractivity contribution in [2.24, 2.45) is 0 Å². The number of carbonyl (C=O) groups excluding carboxylic acids is 2. The van der Waals surface area contributed by atoms with Crippen LogP contribution in [-0.4, -0.2) is 47.3 Å². The highest BCUT2D eigenvalue weighted by Crippen LogP contribution is 2.34. The van der Waals surface area contributed by atoms with E-state index in [4.69, 9.17) is 14.6 Å². The number of hydrazine groups is 1. The van der Waals surface area contributed by atoms with Crippen LogP contribution in [0.25, 0.3) is 6.08 Å². The van der Waals surface area contributed by atoms with Crippen LogP contribution >= 0.6 is 0 Å². The highest BCUT2D eigenvalue weighted by atomic mass is 16.5. The number of carboxylic acids is 1. The van der Waals surface area contributed by atoms with E-state index in [1.54, 1.807) is 49.4 Å². The number of anilines is 1. The second-order valence-corrected chi connectivity index (χ2v) is 7.49. The molecule has 0 radical (unpaired) electrons. The molecule has 2 aromatic carbocycles. The number of rotatable bonds is 10. The first-order valence-corrected chi connectivity index (χ1v) is 10.5. The fraction of sp³-hybridized carbons (Fsp3) is 0.292. The Morgan fingerprint density at radius 1 is 1.15 bits per heavy atom. The number of para-hydroxylation sites is 1. The molecule has 2 aromatic rings. The maximum absolute atomic E-state index is 12.9. The molecule has 1 fully saturated rings. The quantitative estimate of drug-likeness (QED) is 0.372. The van der Waals surface area contributed by atoms with E-state index in [0.29, 0.717) is 34.9 Å². The second kappa shape index (κ2) is 10.6. The smallest absolute Gasteiger partial charge is 0.306 e. The van der Waals surface area contributed by atoms with Gasteiger partial charge in [-0.05, 0) is 43.7 Å². The zero-order chi connectivity index (χ0) is 24.0. The van der Waals surface area contributed by atoms with Gasteiger partial charge in [-0.15, -0.1) is 0 Å². The molecule has 1 aliphatic rings. The first-order valence-electron chi connectivity index (χ1n) is 10.5. The summed E-state index contributed by atoms with van der Waals surface area (Å²) in [5.74, 6) is -1.40. The first-order chi connectivity index (χ1) is 15.8. The summed E-state index contributed by atoms with van der Waals surface area (Å²) >= 11 is 0. The Labute approximate surface area is 191 Å². The fourth-order valence-corrected chi connectivity index (χ4v) is 3.28. The van der Waals surface area contributed by atoms with Crippen molar-refractivity contribution in [3.8, 4) is 11.5 Å². The van der Waals surface area contributed by atoms with Crippen molar-refractivity contribution in [2.75, 3.05) is 18.2 Å². The third kappa shape index (κ3) is 5.69. The Bertz CT molecular complexity index is 1070. The Morgan fingerprint density at radius 3 is 2.55 bits per heavy atom. The van der Waals surface area contributed by atoms with E-state index in [9.17, 15) is 19.5 Å². The van der Waals surface area contributed by atoms with E-state index < -0.39 is 30.3 Å². The van der Waals surface area contributed by atoms with Gasteiger partial charge in [0.05, 0.1) is 24.8 Å². The molecule has 1 saturated heterocycles. The maximum Gasteiger partial charge on any atom is 0.306 e. The lowest BCUT2D eigenvalue weighted by Gasteiger charge is -2.18. The number of hydrogen-bond acceptors (Lipinski definition) is 6. The van der Waals surface area contributed by atoms with E-state index >= 15 is 0 Å². The van der Waals surface area contributed by atoms with Gasteiger partial charge in [-0.2, -0.15) is 0 Å². The number of benzene rings is 2. The van der Waals surface area contributed by atoms with E-state index in [1.807, 2.05) is 6.92 Å². The van der Waals surface area contributed by atoms with Crippen molar-refractivity contribution in [2.45, 2.75) is 32.8 Å². The molecular formula is C24H26N2O7. The molecule has 0 aromatic heterocycles. The van der Waals surface area contributed by atoms with Crippen molar-refractivity contribution in [1.29, 1.82) is 0 Å². The molecule has 3 N–H and O–H groups in total. The normalized spacial score (nSPS) is 15.5. The minimum Gasteiger partial charge on any atom is -0.493 e. The molecule has 1 heterocycles. The number of aliphatic hydroxyl groups excluding tert-OH is 1. The average molecular weight is 454 g/mol. The summed E-state index contributed by atoms with van der Waals surface area (Å²) < 4.78 is 11.5. The van der Waals surface area contributed by atoms with Gasteiger partial charge in [-0.3, -0.25) is 19.8 Å². The van der Waals surface area contributed by atoms with Crippen LogP contribution in [-0.2, 0) is 14.4 Å². The number of ether oxygens (including phenoxy) is 2. The Morgan fingerprint density at radius 2 is 1.88 bits per heavy atom. The third-order valence-corrected chi connectivity index (χ3v) is 4.88. The number of nitrogens with zero attached hydrogens (tertiary/aromatic N) is 1. The molecule has 3 rings (SSSR count). The molecule has 33 heavy (non-hydrogen) atoms. The van der Waals surface area contributed by atoms with Crippen molar-refractivity contribution in [3.63, 3.8) is 0 Å². The van der Waals surface area contributed by atoms with Crippen LogP contribution in [0.15, 0.2) is 48.0 Å². The van der Waals surface area contributed by atoms with E-state index in [-0.39, 0.29) is 12.2 Å². The van der Waals surface area contributed by atoms with E-state index in [1.165, 1.54) is 6.08 Å². The van der Waals surface area contributed by atoms with Gasteiger partial charge in [0.25, 0.3) is 11.8 Å². The van der Waals surface area contributed by atoms with E-state index in [0.717, 1.165) is 11.4 Å². The van der Waals surface area contributed by atoms with Crippen LogP contribution in [0.2, 0.25) is 0 Å². The van der Waals surface area contributed by atoms with Crippen LogP contribution in [0.1, 0.15) is 30.9 Å². The number of aliphatic carboxylic acids is 1. The van der Waals surface area contributed by atoms with Gasteiger partial charge in [0.1, 0.15) is 23.7 Å². The molecule has 0 bridgehead atoms. The van der Waals surface area contributed by atoms with Crippen LogP contribution < -0.4 is 19.9 Å². The maximum atomic E-state index is 12.9. The number of hydrogen-bond donors (Lipinski definition) is 3. The highest BCUT2D eigenvalue weighted by Gasteiger charge is 2.34. The minimum absolute atomic E-state index is 0.0867. The predicted octanol–water partition coefficient (Wildman–Crippen LogP) is 2.46. The lowest BCUT2D eigenvalue weighted by atomic mass is 10.0. The lowest BCUT2D eigenvalue weighted by molar-refractivity contribution is -0.139. The van der Waals surface area contributed by atoms with Gasteiger partial charge in [-0.25, -0.2) is 5.01 Å². The standard InChI is InChI=1S/C24H26N2O7/c1-3-11-32-20-10-9-16(22(15(20)2)33-14-18(27)13-21(28)29)12-19-23(30)25-26(24(19)31)17-7-5-4-6-8-17/h4-10,12,18,27H,3,11,13-14H2,1-2H3,(H,25,30)(H,28,29)/t18-/m1/s1. The van der Waals surface area contributed by atoms with Crippen molar-refractivity contribution in [3.05, 3.63) is 59.2 Å². The van der Waals surface area contributed by atoms with Gasteiger partial charge < -0.3 is 19.7 Å². The van der Waals surface area contributed by atoms with Crippen LogP contribution in [0, 0.1) is 6.92 Å². The Kier molecular flexibility index (Phi) is 7.68. The average Bonchev–Trinajstić information content (AvgIpc) is 3.06. The number of aliphatic hydroxyl groups is 1. The highest BCUT2D eigenvalue weighted by molar-refractivity contribution is 6.31. The molecule has 9 nitrogen and oxygen atoms in total. The molecule has 0 saturated carbocycles. The number of nitrogens with one attached hydrogen (secondary N) is 1. The Balaban J connectivity index is 1.94. The van der Waals surface area contributed by atoms with E-state index in [2.05, 4.69) is 5.43 Å². The zero-order valence-corrected chi connectivity index (χ0v) is 18.4. The van der Waals surface area contributed by atoms with Gasteiger partial charge in [0, 0.05) is 11.1 Å². The number of amides is 2. The molecule has 9 heteroatoms. The predicted molar refractivity (Wildman–Crippen MR) is 121 cm³/mol. The molecule has 0 spiro atoms. The summed E-state index contributed by atoms with van der Waals surface area (Å²) in [6, 6.07) is 12.1. The molecule has 2 amide bonds. The minimum atomic E-state index is -1.23. The summed E-state index contributed by atoms with van der Waals surface area (Å²) in [4.78, 5) is 36.3. The second-order valence-electron chi connectivity index (χ2n) is 7.49. The Hall–Kier alpha value is -3.85. The molecule has 0 unspecified atom stereocenters. The van der Waals surface area contributed by atoms with Crippen molar-refractivity contribution < 1.29 is 34.1 Å². The van der Waals surface area contributed by atoms with Gasteiger partial charge in [0.2, 0.25) is 0 Å². The number of carbonyl (C=O) groups is 3. The van der Waals surface area contributed by atoms with Gasteiger partial charge in [-0.1, -0.05) is 25.1 Å². The largest absolute Gasteiger partial charge is 0.493 e. The molecule has 174 valence electrons. The van der Waals surface area contributed by atoms with Gasteiger partial charge in [0.15, 0.2) is 0 Å². The van der Waals surface area contributed by atoms with Crippen LogP contribution in [0.3, 0.4) is 0 Å². The lowest BCUT2D eigenvalue weighted by Crippen LogP contribution is -2.35. The zero-order valence-electron chi connectivity index (χ0n) is 18.4. The molecule has 0 aliphatic carbocycles. The first kappa shape index (κ1) is 23.8. The van der Waals surface area contributed by atoms with Crippen LogP contribution in [0.5, 0.6) is 11.5 Å². The summed E-state index contributed by atoms with van der Waals surface area (Å²) in [6.07, 6.45) is 0.500. The third-order valence-electron chi connectivity index (χ3n) is 4.88.